The molecule has 2 rings (SSSR count). The fourth-order valence-electron chi connectivity index (χ4n) is 1.79. The molecule has 1 heterocycles. The standard InChI is InChI=1S/C14H18N2S/c1-11-5-3-4-6-13(11)7-8-15-9-14-16-12(2)10-17-14/h3-6,10,15H,7-9H2,1-2H3. The van der Waals surface area contributed by atoms with Gasteiger partial charge in [-0.2, -0.15) is 0 Å². The van der Waals surface area contributed by atoms with Gasteiger partial charge in [0.2, 0.25) is 0 Å². The third-order valence-corrected chi connectivity index (χ3v) is 3.74. The van der Waals surface area contributed by atoms with Crippen molar-refractivity contribution in [3.63, 3.8) is 0 Å². The van der Waals surface area contributed by atoms with Crippen molar-refractivity contribution >= 4 is 11.3 Å². The lowest BCUT2D eigenvalue weighted by Crippen LogP contribution is -2.16. The summed E-state index contributed by atoms with van der Waals surface area (Å²) in [4.78, 5) is 4.43. The number of thiazole rings is 1. The fraction of sp³-hybridized carbons (Fsp3) is 0.357. The molecule has 0 aliphatic carbocycles. The minimum Gasteiger partial charge on any atom is -0.310 e. The molecule has 1 aromatic heterocycles. The predicted octanol–water partition coefficient (Wildman–Crippen LogP) is 3.09. The molecule has 0 bridgehead atoms. The molecule has 2 aromatic rings. The molecule has 17 heavy (non-hydrogen) atoms. The van der Waals surface area contributed by atoms with Crippen LogP contribution in [-0.2, 0) is 13.0 Å². The van der Waals surface area contributed by atoms with Crippen LogP contribution in [0.25, 0.3) is 0 Å². The van der Waals surface area contributed by atoms with Gasteiger partial charge < -0.3 is 5.32 Å². The van der Waals surface area contributed by atoms with Crippen LogP contribution in [-0.4, -0.2) is 11.5 Å². The predicted molar refractivity (Wildman–Crippen MR) is 73.4 cm³/mol. The highest BCUT2D eigenvalue weighted by molar-refractivity contribution is 7.09. The first-order valence-electron chi connectivity index (χ1n) is 5.92. The quantitative estimate of drug-likeness (QED) is 0.820. The van der Waals surface area contributed by atoms with Crippen LogP contribution in [0.4, 0.5) is 0 Å². The number of hydrogen-bond donors (Lipinski definition) is 1. The summed E-state index contributed by atoms with van der Waals surface area (Å²) in [6, 6.07) is 8.56. The van der Waals surface area contributed by atoms with Gasteiger partial charge in [0.05, 0.1) is 0 Å². The lowest BCUT2D eigenvalue weighted by Gasteiger charge is -2.05. The van der Waals surface area contributed by atoms with Gasteiger partial charge in [0.1, 0.15) is 5.01 Å². The van der Waals surface area contributed by atoms with Crippen molar-refractivity contribution in [1.82, 2.24) is 10.3 Å². The first-order valence-corrected chi connectivity index (χ1v) is 6.80. The van der Waals surface area contributed by atoms with Gasteiger partial charge in [-0.25, -0.2) is 4.98 Å². The number of aromatic nitrogens is 1. The van der Waals surface area contributed by atoms with E-state index in [1.165, 1.54) is 16.1 Å². The van der Waals surface area contributed by atoms with E-state index in [2.05, 4.69) is 46.9 Å². The Morgan fingerprint density at radius 2 is 2.06 bits per heavy atom. The highest BCUT2D eigenvalue weighted by atomic mass is 32.1. The Morgan fingerprint density at radius 1 is 1.24 bits per heavy atom. The first-order chi connectivity index (χ1) is 8.25. The molecular formula is C14H18N2S. The lowest BCUT2D eigenvalue weighted by atomic mass is 10.1. The zero-order valence-corrected chi connectivity index (χ0v) is 11.2. The largest absolute Gasteiger partial charge is 0.310 e. The van der Waals surface area contributed by atoms with Crippen LogP contribution in [0.5, 0.6) is 0 Å². The number of benzene rings is 1. The minimum atomic E-state index is 0.879. The molecule has 90 valence electrons. The summed E-state index contributed by atoms with van der Waals surface area (Å²) in [6.45, 7) is 6.08. The Labute approximate surface area is 107 Å². The van der Waals surface area contributed by atoms with Gasteiger partial charge in [-0.15, -0.1) is 11.3 Å². The van der Waals surface area contributed by atoms with Crippen LogP contribution in [0.3, 0.4) is 0 Å². The van der Waals surface area contributed by atoms with Gasteiger partial charge in [0, 0.05) is 17.6 Å². The van der Waals surface area contributed by atoms with E-state index in [0.717, 1.165) is 25.2 Å². The third kappa shape index (κ3) is 3.65. The molecule has 0 amide bonds. The van der Waals surface area contributed by atoms with Crippen molar-refractivity contribution in [3.05, 3.63) is 51.5 Å². The highest BCUT2D eigenvalue weighted by Crippen LogP contribution is 2.09. The number of nitrogens with zero attached hydrogens (tertiary/aromatic N) is 1. The Hall–Kier alpha value is -1.19. The summed E-state index contributed by atoms with van der Waals surface area (Å²) in [5.41, 5.74) is 3.92. The average molecular weight is 246 g/mol. The molecule has 0 spiro atoms. The van der Waals surface area contributed by atoms with Crippen molar-refractivity contribution in [2.75, 3.05) is 6.54 Å². The molecule has 3 heteroatoms. The molecular weight excluding hydrogens is 228 g/mol. The van der Waals surface area contributed by atoms with Crippen molar-refractivity contribution < 1.29 is 0 Å². The maximum atomic E-state index is 4.43. The van der Waals surface area contributed by atoms with Crippen molar-refractivity contribution in [2.24, 2.45) is 0 Å². The van der Waals surface area contributed by atoms with E-state index in [9.17, 15) is 0 Å². The topological polar surface area (TPSA) is 24.9 Å². The van der Waals surface area contributed by atoms with Gasteiger partial charge >= 0.3 is 0 Å². The smallest absolute Gasteiger partial charge is 0.107 e. The average Bonchev–Trinajstić information content (AvgIpc) is 2.73. The van der Waals surface area contributed by atoms with Gasteiger partial charge in [0.15, 0.2) is 0 Å². The third-order valence-electron chi connectivity index (χ3n) is 2.78. The second-order valence-corrected chi connectivity index (χ2v) is 5.18. The number of nitrogens with one attached hydrogen (secondary N) is 1. The van der Waals surface area contributed by atoms with Crippen LogP contribution in [0.2, 0.25) is 0 Å². The fourth-order valence-corrected chi connectivity index (χ4v) is 2.53. The maximum absolute atomic E-state index is 4.43. The van der Waals surface area contributed by atoms with Gasteiger partial charge in [-0.1, -0.05) is 24.3 Å². The molecule has 1 aromatic carbocycles. The monoisotopic (exact) mass is 246 g/mol. The van der Waals surface area contributed by atoms with Crippen LogP contribution in [0.15, 0.2) is 29.6 Å². The second kappa shape index (κ2) is 5.94. The minimum absolute atomic E-state index is 0.879. The summed E-state index contributed by atoms with van der Waals surface area (Å²) in [7, 11) is 0. The van der Waals surface area contributed by atoms with E-state index in [4.69, 9.17) is 0 Å². The van der Waals surface area contributed by atoms with E-state index >= 15 is 0 Å². The summed E-state index contributed by atoms with van der Waals surface area (Å²) in [6.07, 6.45) is 1.08. The summed E-state index contributed by atoms with van der Waals surface area (Å²) >= 11 is 1.73. The molecule has 0 aliphatic heterocycles. The van der Waals surface area contributed by atoms with Crippen molar-refractivity contribution in [1.29, 1.82) is 0 Å². The normalized spacial score (nSPS) is 10.7. The molecule has 0 unspecified atom stereocenters. The lowest BCUT2D eigenvalue weighted by molar-refractivity contribution is 0.682. The van der Waals surface area contributed by atoms with Crippen LogP contribution < -0.4 is 5.32 Å². The van der Waals surface area contributed by atoms with Crippen LogP contribution in [0.1, 0.15) is 21.8 Å². The molecule has 0 fully saturated rings. The Balaban J connectivity index is 1.75. The van der Waals surface area contributed by atoms with E-state index in [0.29, 0.717) is 0 Å². The van der Waals surface area contributed by atoms with Gasteiger partial charge in [-0.3, -0.25) is 0 Å². The van der Waals surface area contributed by atoms with Crippen molar-refractivity contribution in [2.45, 2.75) is 26.8 Å². The number of hydrogen-bond acceptors (Lipinski definition) is 3. The summed E-state index contributed by atoms with van der Waals surface area (Å²) < 4.78 is 0. The summed E-state index contributed by atoms with van der Waals surface area (Å²) in [5, 5.41) is 6.71. The molecule has 1 N–H and O–H groups in total. The summed E-state index contributed by atoms with van der Waals surface area (Å²) in [5.74, 6) is 0. The van der Waals surface area contributed by atoms with E-state index in [1.807, 2.05) is 6.92 Å². The van der Waals surface area contributed by atoms with Crippen LogP contribution in [0, 0.1) is 13.8 Å². The van der Waals surface area contributed by atoms with Gasteiger partial charge in [0.25, 0.3) is 0 Å². The Bertz CT molecular complexity index is 477. The molecule has 0 radical (unpaired) electrons. The Morgan fingerprint density at radius 3 is 2.76 bits per heavy atom. The van der Waals surface area contributed by atoms with E-state index in [-0.39, 0.29) is 0 Å². The number of aryl methyl sites for hydroxylation is 2. The zero-order chi connectivity index (χ0) is 12.1. The van der Waals surface area contributed by atoms with E-state index < -0.39 is 0 Å². The molecule has 0 aliphatic rings. The second-order valence-electron chi connectivity index (χ2n) is 4.24. The Kier molecular flexibility index (Phi) is 4.29. The van der Waals surface area contributed by atoms with Crippen LogP contribution >= 0.6 is 11.3 Å². The zero-order valence-electron chi connectivity index (χ0n) is 10.4. The van der Waals surface area contributed by atoms with Gasteiger partial charge in [-0.05, 0) is 37.9 Å². The molecule has 0 atom stereocenters. The first kappa shape index (κ1) is 12.3. The molecule has 2 nitrogen and oxygen atoms in total. The molecule has 0 saturated carbocycles. The number of rotatable bonds is 5. The SMILES string of the molecule is Cc1csc(CNCCc2ccccc2C)n1. The molecule has 0 saturated heterocycles. The maximum Gasteiger partial charge on any atom is 0.107 e. The van der Waals surface area contributed by atoms with E-state index in [1.54, 1.807) is 11.3 Å². The highest BCUT2D eigenvalue weighted by Gasteiger charge is 1.99. The van der Waals surface area contributed by atoms with Crippen molar-refractivity contribution in [3.8, 4) is 0 Å².